The Hall–Kier alpha value is -1.07. The van der Waals surface area contributed by atoms with E-state index in [1.165, 1.54) is 24.3 Å². The lowest BCUT2D eigenvalue weighted by Crippen LogP contribution is -2.25. The van der Waals surface area contributed by atoms with Crippen molar-refractivity contribution >= 4 is 25.7 Å². The first kappa shape index (κ1) is 12.4. The fourth-order valence-electron chi connectivity index (χ4n) is 1.48. The van der Waals surface area contributed by atoms with Gasteiger partial charge in [-0.1, -0.05) is 6.07 Å². The molecule has 6 heteroatoms. The Kier molecular flexibility index (Phi) is 3.40. The monoisotopic (exact) mass is 274 g/mol. The van der Waals surface area contributed by atoms with Crippen LogP contribution >= 0.6 is 10.7 Å². The smallest absolute Gasteiger partial charge is 0.338 e. The minimum atomic E-state index is -3.81. The molecule has 0 spiro atoms. The predicted octanol–water partition coefficient (Wildman–Crippen LogP) is 2.32. The molecule has 0 aliphatic heterocycles. The maximum atomic E-state index is 11.7. The molecule has 0 unspecified atom stereocenters. The molecule has 1 fully saturated rings. The highest BCUT2D eigenvalue weighted by molar-refractivity contribution is 8.13. The van der Waals surface area contributed by atoms with Crippen LogP contribution in [0.4, 0.5) is 0 Å². The van der Waals surface area contributed by atoms with Crippen molar-refractivity contribution in [3.8, 4) is 0 Å². The lowest BCUT2D eigenvalue weighted by atomic mass is 9.96. The van der Waals surface area contributed by atoms with E-state index in [-0.39, 0.29) is 16.6 Å². The van der Waals surface area contributed by atoms with Crippen molar-refractivity contribution in [3.05, 3.63) is 29.8 Å². The van der Waals surface area contributed by atoms with E-state index in [2.05, 4.69) is 0 Å². The van der Waals surface area contributed by atoms with Crippen molar-refractivity contribution in [2.75, 3.05) is 0 Å². The quantitative estimate of drug-likeness (QED) is 0.627. The summed E-state index contributed by atoms with van der Waals surface area (Å²) in [7, 11) is 1.39. The van der Waals surface area contributed by atoms with Gasteiger partial charge in [0.05, 0.1) is 10.5 Å². The molecule has 0 atom stereocenters. The molecule has 17 heavy (non-hydrogen) atoms. The minimum absolute atomic E-state index is 0.0289. The number of carbonyl (C=O) groups excluding carboxylic acids is 1. The molecule has 0 saturated heterocycles. The van der Waals surface area contributed by atoms with Crippen LogP contribution in [0, 0.1) is 0 Å². The van der Waals surface area contributed by atoms with Gasteiger partial charge in [-0.3, -0.25) is 0 Å². The molecule has 1 aromatic rings. The largest absolute Gasteiger partial charge is 0.459 e. The standard InChI is InChI=1S/C11H11ClO4S/c12-17(14,15)10-6-1-3-8(7-10)11(13)16-9-4-2-5-9/h1,3,6-7,9H,2,4-5H2. The van der Waals surface area contributed by atoms with Crippen molar-refractivity contribution in [1.82, 2.24) is 0 Å². The Bertz CT molecular complexity index is 534. The van der Waals surface area contributed by atoms with Crippen LogP contribution in [0.1, 0.15) is 29.6 Å². The molecule has 0 bridgehead atoms. The lowest BCUT2D eigenvalue weighted by molar-refractivity contribution is 0.00898. The SMILES string of the molecule is O=C(OC1CCC1)c1cccc(S(=O)(=O)Cl)c1. The fourth-order valence-corrected chi connectivity index (χ4v) is 2.28. The van der Waals surface area contributed by atoms with Crippen LogP contribution in [0.3, 0.4) is 0 Å². The molecule has 0 heterocycles. The predicted molar refractivity (Wildman–Crippen MR) is 62.5 cm³/mol. The lowest BCUT2D eigenvalue weighted by Gasteiger charge is -2.25. The van der Waals surface area contributed by atoms with Crippen molar-refractivity contribution in [2.45, 2.75) is 30.3 Å². The average Bonchev–Trinajstić information content (AvgIpc) is 2.22. The second kappa shape index (κ2) is 4.66. The number of benzene rings is 1. The first-order chi connectivity index (χ1) is 7.97. The fraction of sp³-hybridized carbons (Fsp3) is 0.364. The Balaban J connectivity index is 2.17. The second-order valence-corrected chi connectivity index (χ2v) is 6.49. The van der Waals surface area contributed by atoms with E-state index in [4.69, 9.17) is 15.4 Å². The number of carbonyl (C=O) groups is 1. The van der Waals surface area contributed by atoms with Gasteiger partial charge in [-0.05, 0) is 37.5 Å². The molecule has 1 aliphatic rings. The Labute approximate surface area is 104 Å². The van der Waals surface area contributed by atoms with E-state index in [0.29, 0.717) is 0 Å². The summed E-state index contributed by atoms with van der Waals surface area (Å²) in [4.78, 5) is 11.6. The van der Waals surface area contributed by atoms with E-state index in [1.807, 2.05) is 0 Å². The van der Waals surface area contributed by atoms with Crippen molar-refractivity contribution in [1.29, 1.82) is 0 Å². The van der Waals surface area contributed by atoms with Gasteiger partial charge in [0.15, 0.2) is 0 Å². The van der Waals surface area contributed by atoms with Gasteiger partial charge >= 0.3 is 5.97 Å². The van der Waals surface area contributed by atoms with Gasteiger partial charge in [-0.25, -0.2) is 13.2 Å². The van der Waals surface area contributed by atoms with Crippen LogP contribution in [0.2, 0.25) is 0 Å². The van der Waals surface area contributed by atoms with E-state index >= 15 is 0 Å². The first-order valence-corrected chi connectivity index (χ1v) is 7.53. The van der Waals surface area contributed by atoms with Crippen molar-refractivity contribution < 1.29 is 17.9 Å². The maximum Gasteiger partial charge on any atom is 0.338 e. The highest BCUT2D eigenvalue weighted by Gasteiger charge is 2.23. The number of hydrogen-bond donors (Lipinski definition) is 0. The van der Waals surface area contributed by atoms with Crippen LogP contribution in [0.15, 0.2) is 29.2 Å². The van der Waals surface area contributed by atoms with Gasteiger partial charge in [0.1, 0.15) is 6.10 Å². The van der Waals surface area contributed by atoms with Crippen LogP contribution in [0.25, 0.3) is 0 Å². The molecule has 0 amide bonds. The zero-order valence-corrected chi connectivity index (χ0v) is 10.5. The first-order valence-electron chi connectivity index (χ1n) is 5.22. The normalized spacial score (nSPS) is 16.3. The average molecular weight is 275 g/mol. The summed E-state index contributed by atoms with van der Waals surface area (Å²) >= 11 is 0. The molecule has 1 saturated carbocycles. The number of rotatable bonds is 3. The zero-order chi connectivity index (χ0) is 12.5. The topological polar surface area (TPSA) is 60.4 Å². The summed E-state index contributed by atoms with van der Waals surface area (Å²) in [5, 5.41) is 0. The number of halogens is 1. The minimum Gasteiger partial charge on any atom is -0.459 e. The number of esters is 1. The molecule has 1 aromatic carbocycles. The maximum absolute atomic E-state index is 11.7. The van der Waals surface area contributed by atoms with Gasteiger partial charge in [0.25, 0.3) is 9.05 Å². The van der Waals surface area contributed by atoms with Crippen LogP contribution in [-0.4, -0.2) is 20.5 Å². The van der Waals surface area contributed by atoms with Gasteiger partial charge in [0, 0.05) is 10.7 Å². The van der Waals surface area contributed by atoms with E-state index in [1.54, 1.807) is 0 Å². The van der Waals surface area contributed by atoms with Crippen LogP contribution in [0.5, 0.6) is 0 Å². The molecule has 1 aliphatic carbocycles. The summed E-state index contributed by atoms with van der Waals surface area (Å²) < 4.78 is 27.4. The van der Waals surface area contributed by atoms with E-state index in [9.17, 15) is 13.2 Å². The zero-order valence-electron chi connectivity index (χ0n) is 8.93. The van der Waals surface area contributed by atoms with E-state index < -0.39 is 15.0 Å². The van der Waals surface area contributed by atoms with Crippen molar-refractivity contribution in [2.24, 2.45) is 0 Å². The molecule has 4 nitrogen and oxygen atoms in total. The molecular formula is C11H11ClO4S. The second-order valence-electron chi connectivity index (χ2n) is 3.92. The summed E-state index contributed by atoms with van der Waals surface area (Å²) in [6, 6.07) is 5.53. The molecule has 2 rings (SSSR count). The summed E-state index contributed by atoms with van der Waals surface area (Å²) in [5.74, 6) is -0.503. The Morgan fingerprint density at radius 3 is 2.59 bits per heavy atom. The summed E-state index contributed by atoms with van der Waals surface area (Å²) in [6.45, 7) is 0. The summed E-state index contributed by atoms with van der Waals surface area (Å²) in [5.41, 5.74) is 0.207. The molecule has 92 valence electrons. The number of ether oxygens (including phenoxy) is 1. The van der Waals surface area contributed by atoms with Crippen molar-refractivity contribution in [3.63, 3.8) is 0 Å². The van der Waals surface area contributed by atoms with Gasteiger partial charge in [0.2, 0.25) is 0 Å². The van der Waals surface area contributed by atoms with Crippen LogP contribution in [-0.2, 0) is 13.8 Å². The molecule has 0 N–H and O–H groups in total. The van der Waals surface area contributed by atoms with E-state index in [0.717, 1.165) is 19.3 Å². The highest BCUT2D eigenvalue weighted by Crippen LogP contribution is 2.24. The van der Waals surface area contributed by atoms with Crippen LogP contribution < -0.4 is 0 Å². The molecule has 0 aromatic heterocycles. The molecule has 0 radical (unpaired) electrons. The third-order valence-corrected chi connectivity index (χ3v) is 4.03. The third-order valence-electron chi connectivity index (χ3n) is 2.68. The third kappa shape index (κ3) is 2.98. The van der Waals surface area contributed by atoms with Gasteiger partial charge in [-0.15, -0.1) is 0 Å². The van der Waals surface area contributed by atoms with Gasteiger partial charge in [-0.2, -0.15) is 0 Å². The number of hydrogen-bond acceptors (Lipinski definition) is 4. The van der Waals surface area contributed by atoms with Gasteiger partial charge < -0.3 is 4.74 Å². The summed E-state index contributed by atoms with van der Waals surface area (Å²) in [6.07, 6.45) is 2.78. The Morgan fingerprint density at radius 1 is 1.35 bits per heavy atom. The highest BCUT2D eigenvalue weighted by atomic mass is 35.7. The Morgan fingerprint density at radius 2 is 2.06 bits per heavy atom. The molecular weight excluding hydrogens is 264 g/mol.